The van der Waals surface area contributed by atoms with Gasteiger partial charge in [-0.15, -0.1) is 0 Å². The maximum absolute atomic E-state index is 12.6. The van der Waals surface area contributed by atoms with Gasteiger partial charge in [0.2, 0.25) is 0 Å². The average Bonchev–Trinajstić information content (AvgIpc) is 0.835. The number of hydrogen-bond donors (Lipinski definition) is 4. The molecule has 140 heavy (non-hydrogen) atoms. The number of thioether (sulfide) groups is 1. The summed E-state index contributed by atoms with van der Waals surface area (Å²) in [6.07, 6.45) is 0. The second-order valence-electron chi connectivity index (χ2n) is 40.8. The predicted octanol–water partition coefficient (Wildman–Crippen LogP) is 19.2. The van der Waals surface area contributed by atoms with Gasteiger partial charge in [-0.1, -0.05) is 263 Å². The Morgan fingerprint density at radius 1 is 0.250 bits per heavy atom. The maximum Gasteiger partial charge on any atom is 0.144 e. The van der Waals surface area contributed by atoms with E-state index in [0.29, 0.717) is 59.1 Å². The van der Waals surface area contributed by atoms with E-state index in [-0.39, 0.29) is 107 Å². The minimum atomic E-state index is -0.0789. The molecule has 0 spiro atoms. The van der Waals surface area contributed by atoms with Gasteiger partial charge in [0.05, 0.1) is 41.4 Å². The van der Waals surface area contributed by atoms with Gasteiger partial charge < -0.3 is 36.8 Å². The standard InChI is InChI=1S/2C17H25ClN2O.2C16H23ClN2O.C16H22ClNOS.2C15H21ClN2O/c2*1-13(2)17(21)16(14-4-6-15(18)7-5-14)12-20-10-8-19(3)9-11-20;2*1-12(2)16(20)15(11-19-9-7-18-8-10-19)13-3-5-14(17)6-4-13;1-12(2)16(19)15(11-18-7-9-20-10-8-18)13-3-5-14(17)6-4-13;2*1-10(2)15(19)14(9-18-7-13(17)8-18)11-3-5-12(16)6-4-11/h2*4-7,13,16H,8-12H2,1-3H3;2*3-6,12,15,18H,7-11H2,1-2H3;3-6,12,15H,7-11H2,1-2H3;2*3-6,10,13-14H,7-9,17H2,1-2H3/t2*16-;3*15-;2*14-/m1010110/s1. The lowest BCUT2D eigenvalue weighted by atomic mass is 9.87. The van der Waals surface area contributed by atoms with Gasteiger partial charge >= 0.3 is 0 Å². The van der Waals surface area contributed by atoms with Crippen molar-refractivity contribution in [1.82, 2.24) is 54.7 Å². The Kier molecular flexibility index (Phi) is 52.5. The highest BCUT2D eigenvalue weighted by molar-refractivity contribution is 7.99. The molecule has 770 valence electrons. The first-order valence-corrected chi connectivity index (χ1v) is 54.4. The maximum atomic E-state index is 12.6. The molecule has 0 saturated carbocycles. The number of Topliss-reactive ketones (excluding diaryl/α,β-unsaturated/α-hetero) is 7. The first-order chi connectivity index (χ1) is 66.6. The van der Waals surface area contributed by atoms with Crippen LogP contribution in [0.15, 0.2) is 170 Å². The summed E-state index contributed by atoms with van der Waals surface area (Å²) >= 11 is 43.6. The van der Waals surface area contributed by atoms with Crippen LogP contribution in [-0.4, -0.2) is 312 Å². The molecule has 0 unspecified atom stereocenters. The van der Waals surface area contributed by atoms with Gasteiger partial charge in [-0.3, -0.25) is 63.0 Å². The lowest BCUT2D eigenvalue weighted by molar-refractivity contribution is -0.124. The van der Waals surface area contributed by atoms with Crippen LogP contribution in [0.4, 0.5) is 0 Å². The Morgan fingerprint density at radius 2 is 0.400 bits per heavy atom. The molecule has 0 radical (unpaired) electrons. The fourth-order valence-corrected chi connectivity index (χ4v) is 20.0. The van der Waals surface area contributed by atoms with Crippen LogP contribution in [0.2, 0.25) is 35.2 Å². The highest BCUT2D eigenvalue weighted by Gasteiger charge is 2.36. The number of nitrogens with zero attached hydrogens (tertiary/aromatic N) is 9. The molecule has 7 aromatic rings. The van der Waals surface area contributed by atoms with E-state index in [2.05, 4.69) is 68.8 Å². The third kappa shape index (κ3) is 40.7. The van der Waals surface area contributed by atoms with Gasteiger partial charge in [0.25, 0.3) is 0 Å². The monoisotopic (exact) mass is 2080 g/mol. The molecule has 14 rings (SSSR count). The smallest absolute Gasteiger partial charge is 0.144 e. The van der Waals surface area contributed by atoms with Crippen LogP contribution >= 0.6 is 93.0 Å². The third-order valence-electron chi connectivity index (χ3n) is 27.1. The van der Waals surface area contributed by atoms with Crippen LogP contribution < -0.4 is 22.1 Å². The first kappa shape index (κ1) is 119. The number of piperazine rings is 4. The van der Waals surface area contributed by atoms with E-state index in [0.717, 1.165) is 234 Å². The fraction of sp³-hybridized carbons (Fsp3) is 0.562. The van der Waals surface area contributed by atoms with Crippen molar-refractivity contribution in [2.75, 3.05) is 215 Å². The normalized spacial score (nSPS) is 18.5. The molecule has 28 heteroatoms. The second-order valence-corrected chi connectivity index (χ2v) is 45.1. The number of halogens is 7. The molecular weight excluding hydrogens is 1920 g/mol. The molecule has 7 saturated heterocycles. The minimum absolute atomic E-state index is 0.0321. The molecule has 7 heterocycles. The molecule has 7 aliphatic rings. The molecule has 7 aromatic carbocycles. The van der Waals surface area contributed by atoms with E-state index in [1.54, 1.807) is 0 Å². The highest BCUT2D eigenvalue weighted by Crippen LogP contribution is 2.34. The van der Waals surface area contributed by atoms with Crippen LogP contribution in [0, 0.1) is 41.4 Å². The predicted molar refractivity (Wildman–Crippen MR) is 587 cm³/mol. The van der Waals surface area contributed by atoms with Gasteiger partial charge in [0, 0.05) is 290 Å². The minimum Gasteiger partial charge on any atom is -0.325 e. The van der Waals surface area contributed by atoms with Crippen LogP contribution in [-0.2, 0) is 33.6 Å². The Labute approximate surface area is 877 Å². The summed E-state index contributed by atoms with van der Waals surface area (Å²) in [6, 6.07) is 54.3. The molecule has 0 amide bonds. The molecule has 0 bridgehead atoms. The molecule has 6 N–H and O–H groups in total. The summed E-state index contributed by atoms with van der Waals surface area (Å²) in [4.78, 5) is 109. The molecule has 7 atom stereocenters. The van der Waals surface area contributed by atoms with Crippen molar-refractivity contribution in [2.45, 2.75) is 150 Å². The van der Waals surface area contributed by atoms with E-state index in [9.17, 15) is 33.6 Å². The number of likely N-dealkylation sites (tertiary alicyclic amines) is 2. The van der Waals surface area contributed by atoms with E-state index in [4.69, 9.17) is 92.7 Å². The molecule has 7 aliphatic heterocycles. The molecular formula is C112H160Cl7N13O7S. The molecule has 7 fully saturated rings. The number of likely N-dealkylation sites (N-methyl/N-ethyl adjacent to an activating group) is 2. The molecule has 0 aliphatic carbocycles. The van der Waals surface area contributed by atoms with Gasteiger partial charge in [-0.2, -0.15) is 11.8 Å². The van der Waals surface area contributed by atoms with E-state index in [1.165, 1.54) is 11.5 Å². The topological polar surface area (TPSA) is 225 Å². The number of nitrogens with two attached hydrogens (primary N) is 2. The summed E-state index contributed by atoms with van der Waals surface area (Å²) in [7, 11) is 4.29. The zero-order valence-corrected chi connectivity index (χ0v) is 92.0. The van der Waals surface area contributed by atoms with Crippen molar-refractivity contribution in [3.8, 4) is 0 Å². The lowest BCUT2D eigenvalue weighted by Gasteiger charge is -2.39. The molecule has 20 nitrogen and oxygen atoms in total. The number of benzene rings is 7. The quantitative estimate of drug-likeness (QED) is 0.0290. The van der Waals surface area contributed by atoms with Crippen LogP contribution in [0.5, 0.6) is 0 Å². The van der Waals surface area contributed by atoms with Crippen LogP contribution in [0.25, 0.3) is 0 Å². The number of nitrogens with one attached hydrogen (secondary N) is 2. The van der Waals surface area contributed by atoms with Crippen LogP contribution in [0.1, 0.15) is 177 Å². The Morgan fingerprint density at radius 3 is 0.557 bits per heavy atom. The van der Waals surface area contributed by atoms with E-state index < -0.39 is 0 Å². The van der Waals surface area contributed by atoms with Crippen molar-refractivity contribution in [3.63, 3.8) is 0 Å². The zero-order valence-electron chi connectivity index (χ0n) is 85.9. The number of carbonyl (C=O) groups is 7. The first-order valence-electron chi connectivity index (χ1n) is 50.6. The van der Waals surface area contributed by atoms with Crippen molar-refractivity contribution in [3.05, 3.63) is 244 Å². The number of hydrogen-bond acceptors (Lipinski definition) is 21. The van der Waals surface area contributed by atoms with Crippen molar-refractivity contribution in [1.29, 1.82) is 0 Å². The van der Waals surface area contributed by atoms with Gasteiger partial charge in [0.15, 0.2) is 0 Å². The molecule has 0 aromatic heterocycles. The Bertz CT molecular complexity index is 4450. The van der Waals surface area contributed by atoms with E-state index in [1.807, 2.05) is 279 Å². The van der Waals surface area contributed by atoms with E-state index >= 15 is 0 Å². The summed E-state index contributed by atoms with van der Waals surface area (Å²) in [5.74, 6) is 4.44. The number of carbonyl (C=O) groups excluding carboxylic acids is 7. The summed E-state index contributed by atoms with van der Waals surface area (Å²) in [5, 5.41) is 11.7. The lowest BCUT2D eigenvalue weighted by Crippen LogP contribution is -2.57. The second kappa shape index (κ2) is 61.6. The number of rotatable bonds is 35. The van der Waals surface area contributed by atoms with Crippen molar-refractivity contribution < 1.29 is 33.6 Å². The van der Waals surface area contributed by atoms with Crippen LogP contribution in [0.3, 0.4) is 0 Å². The fourth-order valence-electron chi connectivity index (χ4n) is 18.2. The Hall–Kier alpha value is -5.91. The largest absolute Gasteiger partial charge is 0.325 e. The van der Waals surface area contributed by atoms with Crippen molar-refractivity contribution >= 4 is 133 Å². The average molecular weight is 2080 g/mol. The summed E-state index contributed by atoms with van der Waals surface area (Å²) in [6.45, 7) is 55.4. The highest BCUT2D eigenvalue weighted by atomic mass is 35.5. The van der Waals surface area contributed by atoms with Crippen molar-refractivity contribution in [2.24, 2.45) is 52.9 Å². The third-order valence-corrected chi connectivity index (χ3v) is 29.8. The zero-order chi connectivity index (χ0) is 102. The SMILES string of the molecule is CC(C)C(=O)[C@@H](CN1CC(N)C1)c1ccc(Cl)cc1.CC(C)C(=O)[C@@H](CN1CCN(C)CC1)c1ccc(Cl)cc1.CC(C)C(=O)[C@@H](CN1CCNCC1)c1ccc(Cl)cc1.CC(C)C(=O)[C@H](CN1CC(N)C1)c1ccc(Cl)cc1.CC(C)C(=O)[C@H](CN1CCN(C)CC1)c1ccc(Cl)cc1.CC(C)C(=O)[C@H](CN1CCNCC1)c1ccc(Cl)cc1.CC(C)C(=O)[C@H](CN1CCSCC1)c1ccc(Cl)cc1. The number of ketones is 7. The van der Waals surface area contributed by atoms with Gasteiger partial charge in [0.1, 0.15) is 40.5 Å². The summed E-state index contributed by atoms with van der Waals surface area (Å²) < 4.78 is 0. The van der Waals surface area contributed by atoms with Gasteiger partial charge in [-0.05, 0) is 138 Å². The Balaban J connectivity index is 0.000000200. The van der Waals surface area contributed by atoms with Gasteiger partial charge in [-0.25, -0.2) is 0 Å². The summed E-state index contributed by atoms with van der Waals surface area (Å²) in [5.41, 5.74) is 19.1.